The number of hydrogen-bond acceptors (Lipinski definition) is 1. The first-order chi connectivity index (χ1) is 14.1. The molecule has 1 heterocycles. The third-order valence-electron chi connectivity index (χ3n) is 5.14. The summed E-state index contributed by atoms with van der Waals surface area (Å²) in [6, 6.07) is 24.3. The van der Waals surface area contributed by atoms with Gasteiger partial charge in [-0.15, -0.1) is 0 Å². The second kappa shape index (κ2) is 7.95. The quantitative estimate of drug-likeness (QED) is 0.344. The summed E-state index contributed by atoms with van der Waals surface area (Å²) >= 11 is 6.38. The molecule has 0 spiro atoms. The Labute approximate surface area is 174 Å². The van der Waals surface area contributed by atoms with E-state index in [0.29, 0.717) is 22.7 Å². The van der Waals surface area contributed by atoms with Crippen molar-refractivity contribution < 1.29 is 4.39 Å². The maximum Gasteiger partial charge on any atom is 0.131 e. The molecule has 4 rings (SSSR count). The number of hydrogen-bond donors (Lipinski definition) is 0. The van der Waals surface area contributed by atoms with Crippen LogP contribution in [0.4, 0.5) is 4.39 Å². The smallest absolute Gasteiger partial charge is 0.131 e. The van der Waals surface area contributed by atoms with Crippen molar-refractivity contribution in [1.82, 2.24) is 4.57 Å². The van der Waals surface area contributed by atoms with E-state index >= 15 is 0 Å². The fourth-order valence-corrected chi connectivity index (χ4v) is 3.83. The van der Waals surface area contributed by atoms with Gasteiger partial charge in [0, 0.05) is 39.3 Å². The molecule has 0 aliphatic carbocycles. The first kappa shape index (κ1) is 19.0. The van der Waals surface area contributed by atoms with Gasteiger partial charge in [-0.2, -0.15) is 5.26 Å². The number of halogens is 2. The van der Waals surface area contributed by atoms with Crippen LogP contribution in [0.2, 0.25) is 5.02 Å². The monoisotopic (exact) mass is 400 g/mol. The predicted molar refractivity (Wildman–Crippen MR) is 117 cm³/mol. The Morgan fingerprint density at radius 1 is 1.03 bits per heavy atom. The van der Waals surface area contributed by atoms with E-state index < -0.39 is 5.82 Å². The molecule has 2 nitrogen and oxygen atoms in total. The summed E-state index contributed by atoms with van der Waals surface area (Å²) in [5, 5.41) is 11.4. The van der Waals surface area contributed by atoms with Gasteiger partial charge in [-0.25, -0.2) is 4.39 Å². The van der Waals surface area contributed by atoms with Gasteiger partial charge >= 0.3 is 0 Å². The summed E-state index contributed by atoms with van der Waals surface area (Å²) in [6.45, 7) is 2.63. The highest BCUT2D eigenvalue weighted by Crippen LogP contribution is 2.31. The molecule has 0 bridgehead atoms. The van der Waals surface area contributed by atoms with Crippen molar-refractivity contribution >= 4 is 34.2 Å². The van der Waals surface area contributed by atoms with E-state index in [1.54, 1.807) is 24.3 Å². The first-order valence-electron chi connectivity index (χ1n) is 9.28. The van der Waals surface area contributed by atoms with E-state index in [1.165, 1.54) is 6.07 Å². The number of aromatic nitrogens is 1. The van der Waals surface area contributed by atoms with Crippen molar-refractivity contribution in [2.45, 2.75) is 13.5 Å². The number of nitriles is 1. The molecule has 0 aliphatic rings. The lowest BCUT2D eigenvalue weighted by Gasteiger charge is -2.10. The van der Waals surface area contributed by atoms with Crippen LogP contribution >= 0.6 is 11.6 Å². The van der Waals surface area contributed by atoms with Crippen LogP contribution < -0.4 is 0 Å². The molecule has 0 saturated heterocycles. The zero-order valence-corrected chi connectivity index (χ0v) is 16.6. The molecule has 3 aromatic carbocycles. The van der Waals surface area contributed by atoms with Gasteiger partial charge in [0.2, 0.25) is 0 Å². The van der Waals surface area contributed by atoms with Crippen molar-refractivity contribution in [3.8, 4) is 6.07 Å². The Balaban J connectivity index is 1.90. The molecule has 0 fully saturated rings. The lowest BCUT2D eigenvalue weighted by molar-refractivity contribution is 0.624. The Bertz CT molecular complexity index is 1280. The van der Waals surface area contributed by atoms with Crippen molar-refractivity contribution in [3.63, 3.8) is 0 Å². The van der Waals surface area contributed by atoms with Crippen molar-refractivity contribution in [3.05, 3.63) is 106 Å². The topological polar surface area (TPSA) is 28.7 Å². The van der Waals surface area contributed by atoms with Crippen LogP contribution in [0, 0.1) is 24.1 Å². The molecule has 0 saturated carbocycles. The van der Waals surface area contributed by atoms with E-state index in [1.807, 2.05) is 55.5 Å². The van der Waals surface area contributed by atoms with Gasteiger partial charge in [0.05, 0.1) is 11.6 Å². The normalized spacial score (nSPS) is 11.6. The van der Waals surface area contributed by atoms with Crippen LogP contribution in [0.15, 0.2) is 72.8 Å². The second-order valence-electron chi connectivity index (χ2n) is 6.84. The molecule has 1 aromatic heterocycles. The molecule has 4 aromatic rings. The van der Waals surface area contributed by atoms with Crippen LogP contribution in [-0.2, 0) is 6.54 Å². The minimum absolute atomic E-state index is 0.298. The SMILES string of the molecule is Cc1c(/C=C(/C#N)c2ccccc2F)c2ccccc2n1Cc1ccccc1Cl. The highest BCUT2D eigenvalue weighted by molar-refractivity contribution is 6.31. The lowest BCUT2D eigenvalue weighted by Crippen LogP contribution is -2.02. The molecule has 142 valence electrons. The molecule has 0 atom stereocenters. The predicted octanol–water partition coefficient (Wildman–Crippen LogP) is 6.85. The van der Waals surface area contributed by atoms with Gasteiger partial charge in [-0.1, -0.05) is 66.2 Å². The maximum absolute atomic E-state index is 14.3. The van der Waals surface area contributed by atoms with E-state index in [0.717, 1.165) is 27.7 Å². The van der Waals surface area contributed by atoms with Crippen molar-refractivity contribution in [1.29, 1.82) is 5.26 Å². The van der Waals surface area contributed by atoms with E-state index in [4.69, 9.17) is 11.6 Å². The van der Waals surface area contributed by atoms with E-state index in [9.17, 15) is 9.65 Å². The maximum atomic E-state index is 14.3. The summed E-state index contributed by atoms with van der Waals surface area (Å²) in [7, 11) is 0. The average molecular weight is 401 g/mol. The van der Waals surface area contributed by atoms with Gasteiger partial charge in [0.1, 0.15) is 5.82 Å². The lowest BCUT2D eigenvalue weighted by atomic mass is 10.0. The van der Waals surface area contributed by atoms with Crippen molar-refractivity contribution in [2.24, 2.45) is 0 Å². The summed E-state index contributed by atoms with van der Waals surface area (Å²) in [5.74, 6) is -0.405. The van der Waals surface area contributed by atoms with Gasteiger partial charge in [-0.05, 0) is 36.8 Å². The van der Waals surface area contributed by atoms with E-state index in [-0.39, 0.29) is 0 Å². The van der Waals surface area contributed by atoms with Gasteiger partial charge in [-0.3, -0.25) is 0 Å². The minimum atomic E-state index is -0.405. The highest BCUT2D eigenvalue weighted by atomic mass is 35.5. The van der Waals surface area contributed by atoms with Gasteiger partial charge in [0.25, 0.3) is 0 Å². The molecular weight excluding hydrogens is 383 g/mol. The Morgan fingerprint density at radius 3 is 2.48 bits per heavy atom. The number of benzene rings is 3. The zero-order chi connectivity index (χ0) is 20.4. The summed E-state index contributed by atoms with van der Waals surface area (Å²) in [6.07, 6.45) is 1.78. The van der Waals surface area contributed by atoms with Crippen LogP contribution in [0.5, 0.6) is 0 Å². The summed E-state index contributed by atoms with van der Waals surface area (Å²) in [4.78, 5) is 0. The minimum Gasteiger partial charge on any atom is -0.340 e. The highest BCUT2D eigenvalue weighted by Gasteiger charge is 2.15. The molecule has 0 radical (unpaired) electrons. The number of nitrogens with zero attached hydrogens (tertiary/aromatic N) is 2. The number of fused-ring (bicyclic) bond motifs is 1. The third kappa shape index (κ3) is 3.55. The molecule has 0 unspecified atom stereocenters. The molecule has 0 amide bonds. The fraction of sp³-hybridized carbons (Fsp3) is 0.0800. The number of para-hydroxylation sites is 1. The van der Waals surface area contributed by atoms with Crippen LogP contribution in [0.3, 0.4) is 0 Å². The Kier molecular flexibility index (Phi) is 5.20. The molecule has 0 N–H and O–H groups in total. The zero-order valence-electron chi connectivity index (χ0n) is 15.9. The standard InChI is InChI=1S/C25H18ClFN2/c1-17-22(14-19(15-28)20-9-3-6-12-24(20)27)21-10-4-7-13-25(21)29(17)16-18-8-2-5-11-23(18)26/h2-14H,16H2,1H3/b19-14-. The van der Waals surface area contributed by atoms with E-state index in [2.05, 4.69) is 10.6 Å². The molecule has 29 heavy (non-hydrogen) atoms. The summed E-state index contributed by atoms with van der Waals surface area (Å²) < 4.78 is 16.4. The molecule has 0 aliphatic heterocycles. The van der Waals surface area contributed by atoms with Crippen LogP contribution in [0.25, 0.3) is 22.6 Å². The van der Waals surface area contributed by atoms with Gasteiger partial charge in [0.15, 0.2) is 0 Å². The molecule has 4 heteroatoms. The third-order valence-corrected chi connectivity index (χ3v) is 5.51. The second-order valence-corrected chi connectivity index (χ2v) is 7.25. The van der Waals surface area contributed by atoms with Gasteiger partial charge < -0.3 is 4.57 Å². The number of allylic oxidation sites excluding steroid dienone is 1. The number of rotatable bonds is 4. The van der Waals surface area contributed by atoms with Crippen molar-refractivity contribution in [2.75, 3.05) is 0 Å². The fourth-order valence-electron chi connectivity index (χ4n) is 3.63. The summed E-state index contributed by atoms with van der Waals surface area (Å²) in [5.41, 5.74) is 4.57. The first-order valence-corrected chi connectivity index (χ1v) is 9.66. The van der Waals surface area contributed by atoms with Crippen LogP contribution in [-0.4, -0.2) is 4.57 Å². The van der Waals surface area contributed by atoms with Crippen LogP contribution in [0.1, 0.15) is 22.4 Å². The Hall–Kier alpha value is -3.35. The molecular formula is C25H18ClFN2. The average Bonchev–Trinajstić information content (AvgIpc) is 3.00. The Morgan fingerprint density at radius 2 is 1.72 bits per heavy atom. The largest absolute Gasteiger partial charge is 0.340 e.